The number of carbonyl (C=O) groups excluding carboxylic acids is 1. The van der Waals surface area contributed by atoms with Gasteiger partial charge in [-0.05, 0) is 18.9 Å². The Morgan fingerprint density at radius 3 is 2.76 bits per heavy atom. The van der Waals surface area contributed by atoms with Crippen molar-refractivity contribution in [2.75, 3.05) is 6.54 Å². The molecule has 1 N–H and O–H groups in total. The molecule has 1 atom stereocenters. The Morgan fingerprint density at radius 2 is 2.04 bits per heavy atom. The van der Waals surface area contributed by atoms with Gasteiger partial charge >= 0.3 is 0 Å². The number of benzene rings is 1. The van der Waals surface area contributed by atoms with Crippen molar-refractivity contribution in [3.05, 3.63) is 59.0 Å². The van der Waals surface area contributed by atoms with Crippen LogP contribution in [-0.4, -0.2) is 31.8 Å². The molecular weight excluding hydrogens is 318 g/mol. The highest BCUT2D eigenvalue weighted by Crippen LogP contribution is 2.11. The van der Waals surface area contributed by atoms with Gasteiger partial charge in [-0.1, -0.05) is 25.1 Å². The first-order valence-corrected chi connectivity index (χ1v) is 8.23. The summed E-state index contributed by atoms with van der Waals surface area (Å²) < 4.78 is 3.20. The van der Waals surface area contributed by atoms with Gasteiger partial charge in [-0.3, -0.25) is 9.59 Å². The molecular formula is C18H21N5O2. The Labute approximate surface area is 145 Å². The van der Waals surface area contributed by atoms with Gasteiger partial charge in [0.2, 0.25) is 5.91 Å². The summed E-state index contributed by atoms with van der Waals surface area (Å²) in [6.45, 7) is 5.10. The number of nitrogens with zero attached hydrogens (tertiary/aromatic N) is 4. The van der Waals surface area contributed by atoms with Gasteiger partial charge in [0, 0.05) is 30.9 Å². The summed E-state index contributed by atoms with van der Waals surface area (Å²) in [4.78, 5) is 28.7. The molecule has 130 valence electrons. The van der Waals surface area contributed by atoms with Gasteiger partial charge in [0.25, 0.3) is 5.56 Å². The van der Waals surface area contributed by atoms with Crippen LogP contribution in [0.15, 0.2) is 47.8 Å². The van der Waals surface area contributed by atoms with Crippen molar-refractivity contribution in [3.63, 3.8) is 0 Å². The number of rotatable bonds is 6. The van der Waals surface area contributed by atoms with Crippen molar-refractivity contribution in [2.24, 2.45) is 5.92 Å². The summed E-state index contributed by atoms with van der Waals surface area (Å²) in [7, 11) is 0. The van der Waals surface area contributed by atoms with E-state index in [0.717, 1.165) is 17.6 Å². The minimum Gasteiger partial charge on any atom is -0.354 e. The second-order valence-electron chi connectivity index (χ2n) is 6.26. The lowest BCUT2D eigenvalue weighted by atomic mass is 10.1. The molecule has 3 aromatic rings. The van der Waals surface area contributed by atoms with Gasteiger partial charge in [-0.15, -0.1) is 0 Å². The number of nitrogens with one attached hydrogen (secondary N) is 1. The molecule has 0 saturated heterocycles. The number of amides is 1. The molecule has 0 aliphatic heterocycles. The Kier molecular flexibility index (Phi) is 4.92. The molecule has 0 bridgehead atoms. The van der Waals surface area contributed by atoms with Crippen molar-refractivity contribution in [1.29, 1.82) is 0 Å². The number of fused-ring (bicyclic) bond motifs is 1. The highest BCUT2D eigenvalue weighted by Gasteiger charge is 2.11. The zero-order valence-electron chi connectivity index (χ0n) is 14.3. The van der Waals surface area contributed by atoms with E-state index in [1.807, 2.05) is 42.8 Å². The second kappa shape index (κ2) is 7.29. The molecule has 3 rings (SSSR count). The molecule has 0 aliphatic rings. The molecule has 7 nitrogen and oxygen atoms in total. The number of imidazole rings is 1. The lowest BCUT2D eigenvalue weighted by Gasteiger charge is -2.14. The zero-order valence-corrected chi connectivity index (χ0v) is 14.3. The van der Waals surface area contributed by atoms with E-state index in [9.17, 15) is 9.59 Å². The quantitative estimate of drug-likeness (QED) is 0.735. The topological polar surface area (TPSA) is 81.8 Å². The van der Waals surface area contributed by atoms with Gasteiger partial charge in [0.1, 0.15) is 6.54 Å². The van der Waals surface area contributed by atoms with E-state index in [0.29, 0.717) is 11.9 Å². The molecule has 0 saturated carbocycles. The van der Waals surface area contributed by atoms with E-state index in [1.165, 1.54) is 4.68 Å². The fourth-order valence-corrected chi connectivity index (χ4v) is 2.81. The van der Waals surface area contributed by atoms with Crippen LogP contribution in [0.2, 0.25) is 0 Å². The van der Waals surface area contributed by atoms with Gasteiger partial charge in [0.15, 0.2) is 0 Å². The van der Waals surface area contributed by atoms with E-state index in [1.54, 1.807) is 18.6 Å². The molecule has 0 spiro atoms. The molecule has 0 aliphatic carbocycles. The maximum Gasteiger partial charge on any atom is 0.275 e. The minimum absolute atomic E-state index is 0.0810. The van der Waals surface area contributed by atoms with E-state index >= 15 is 0 Å². The second-order valence-corrected chi connectivity index (χ2v) is 6.26. The largest absolute Gasteiger partial charge is 0.354 e. The van der Waals surface area contributed by atoms with Crippen molar-refractivity contribution in [1.82, 2.24) is 24.6 Å². The van der Waals surface area contributed by atoms with Crippen LogP contribution in [0.1, 0.15) is 12.6 Å². The summed E-state index contributed by atoms with van der Waals surface area (Å²) in [5.41, 5.74) is 0.485. The van der Waals surface area contributed by atoms with Crippen molar-refractivity contribution < 1.29 is 4.79 Å². The predicted octanol–water partition coefficient (Wildman–Crippen LogP) is 1.35. The molecule has 2 heterocycles. The Bertz CT molecular complexity index is 930. The van der Waals surface area contributed by atoms with Gasteiger partial charge in [-0.25, -0.2) is 9.67 Å². The molecule has 1 aromatic carbocycles. The van der Waals surface area contributed by atoms with Crippen LogP contribution in [0, 0.1) is 12.8 Å². The Morgan fingerprint density at radius 1 is 1.28 bits per heavy atom. The summed E-state index contributed by atoms with van der Waals surface area (Å²) >= 11 is 0. The van der Waals surface area contributed by atoms with Gasteiger partial charge in [-0.2, -0.15) is 5.10 Å². The number of aromatic nitrogens is 4. The SMILES string of the molecule is Cc1nn(CC(=O)NC[C@H](C)Cn2ccnc2)c(=O)c2ccccc12. The Balaban J connectivity index is 1.64. The predicted molar refractivity (Wildman–Crippen MR) is 95.1 cm³/mol. The summed E-state index contributed by atoms with van der Waals surface area (Å²) in [6.07, 6.45) is 5.37. The van der Waals surface area contributed by atoms with Crippen molar-refractivity contribution in [3.8, 4) is 0 Å². The van der Waals surface area contributed by atoms with Gasteiger partial charge < -0.3 is 9.88 Å². The van der Waals surface area contributed by atoms with Crippen LogP contribution in [0.25, 0.3) is 10.8 Å². The van der Waals surface area contributed by atoms with Crippen molar-refractivity contribution in [2.45, 2.75) is 26.9 Å². The normalized spacial score (nSPS) is 12.2. The third-order valence-corrected chi connectivity index (χ3v) is 4.08. The maximum atomic E-state index is 12.5. The lowest BCUT2D eigenvalue weighted by Crippen LogP contribution is -2.36. The van der Waals surface area contributed by atoms with Crippen molar-refractivity contribution >= 4 is 16.7 Å². The molecule has 1 amide bonds. The van der Waals surface area contributed by atoms with Crippen LogP contribution in [-0.2, 0) is 17.9 Å². The average Bonchev–Trinajstić information content (AvgIpc) is 3.10. The molecule has 0 unspecified atom stereocenters. The number of aryl methyl sites for hydroxylation is 1. The highest BCUT2D eigenvalue weighted by atomic mass is 16.2. The molecule has 7 heteroatoms. The Hall–Kier alpha value is -2.96. The molecule has 2 aromatic heterocycles. The average molecular weight is 339 g/mol. The fraction of sp³-hybridized carbons (Fsp3) is 0.333. The van der Waals surface area contributed by atoms with Crippen LogP contribution < -0.4 is 10.9 Å². The maximum absolute atomic E-state index is 12.5. The highest BCUT2D eigenvalue weighted by molar-refractivity contribution is 5.83. The van der Waals surface area contributed by atoms with Crippen LogP contribution >= 0.6 is 0 Å². The van der Waals surface area contributed by atoms with Gasteiger partial charge in [0.05, 0.1) is 17.4 Å². The minimum atomic E-state index is -0.247. The molecule has 25 heavy (non-hydrogen) atoms. The first kappa shape index (κ1) is 16.9. The van der Waals surface area contributed by atoms with E-state index in [2.05, 4.69) is 15.4 Å². The third-order valence-electron chi connectivity index (χ3n) is 4.08. The smallest absolute Gasteiger partial charge is 0.275 e. The van der Waals surface area contributed by atoms with E-state index in [4.69, 9.17) is 0 Å². The summed E-state index contributed by atoms with van der Waals surface area (Å²) in [5.74, 6) is 0.0305. The number of hydrogen-bond donors (Lipinski definition) is 1. The third kappa shape index (κ3) is 3.93. The number of hydrogen-bond acceptors (Lipinski definition) is 4. The summed E-state index contributed by atoms with van der Waals surface area (Å²) in [6, 6.07) is 7.30. The zero-order chi connectivity index (χ0) is 17.8. The molecule has 0 radical (unpaired) electrons. The first-order chi connectivity index (χ1) is 12.0. The molecule has 0 fully saturated rings. The van der Waals surface area contributed by atoms with Crippen LogP contribution in [0.3, 0.4) is 0 Å². The van der Waals surface area contributed by atoms with Crippen LogP contribution in [0.4, 0.5) is 0 Å². The summed E-state index contributed by atoms with van der Waals surface area (Å²) in [5, 5.41) is 8.52. The monoisotopic (exact) mass is 339 g/mol. The lowest BCUT2D eigenvalue weighted by molar-refractivity contribution is -0.122. The standard InChI is InChI=1S/C18H21N5O2/c1-13(10-22-8-7-19-12-22)9-20-17(24)11-23-18(25)16-6-4-3-5-15(16)14(2)21-23/h3-8,12-13H,9-11H2,1-2H3,(H,20,24)/t13-/m0/s1. The van der Waals surface area contributed by atoms with Crippen LogP contribution in [0.5, 0.6) is 0 Å². The van der Waals surface area contributed by atoms with E-state index in [-0.39, 0.29) is 23.9 Å². The fourth-order valence-electron chi connectivity index (χ4n) is 2.81. The number of carbonyl (C=O) groups is 1. The van der Waals surface area contributed by atoms with E-state index < -0.39 is 0 Å². The first-order valence-electron chi connectivity index (χ1n) is 8.23.